The Hall–Kier alpha value is -1.65. The summed E-state index contributed by atoms with van der Waals surface area (Å²) in [5.74, 6) is 2.26. The lowest BCUT2D eigenvalue weighted by atomic mass is 10.00. The number of rotatable bonds is 4. The Morgan fingerprint density at radius 1 is 1.25 bits per heavy atom. The predicted octanol–water partition coefficient (Wildman–Crippen LogP) is 2.45. The van der Waals surface area contributed by atoms with Crippen molar-refractivity contribution < 1.29 is 4.79 Å². The van der Waals surface area contributed by atoms with E-state index in [1.54, 1.807) is 12.4 Å². The van der Waals surface area contributed by atoms with Gasteiger partial charge in [0.05, 0.1) is 18.1 Å². The molecule has 5 nitrogen and oxygen atoms in total. The summed E-state index contributed by atoms with van der Waals surface area (Å²) in [7, 11) is 0. The Labute approximate surface area is 119 Å². The van der Waals surface area contributed by atoms with Crippen molar-refractivity contribution in [1.29, 1.82) is 0 Å². The van der Waals surface area contributed by atoms with Crippen LogP contribution in [0.15, 0.2) is 12.4 Å². The number of nitrogens with one attached hydrogen (secondary N) is 1. The average Bonchev–Trinajstić information content (AvgIpc) is 3.24. The van der Waals surface area contributed by atoms with Gasteiger partial charge in [-0.15, -0.1) is 0 Å². The highest BCUT2D eigenvalue weighted by Gasteiger charge is 2.24. The second kappa shape index (κ2) is 5.77. The Kier molecular flexibility index (Phi) is 3.85. The summed E-state index contributed by atoms with van der Waals surface area (Å²) in [6.45, 7) is 4.33. The maximum Gasteiger partial charge on any atom is 0.225 e. The fourth-order valence-corrected chi connectivity index (χ4v) is 2.55. The topological polar surface area (TPSA) is 58.1 Å². The molecule has 2 heterocycles. The van der Waals surface area contributed by atoms with Crippen molar-refractivity contribution in [2.75, 3.05) is 23.3 Å². The third-order valence-electron chi connectivity index (χ3n) is 4.16. The van der Waals surface area contributed by atoms with Gasteiger partial charge in [-0.25, -0.2) is 9.97 Å². The van der Waals surface area contributed by atoms with Gasteiger partial charge in [0.15, 0.2) is 0 Å². The summed E-state index contributed by atoms with van der Waals surface area (Å²) in [5, 5.41) is 2.87. The summed E-state index contributed by atoms with van der Waals surface area (Å²) in [4.78, 5) is 22.7. The van der Waals surface area contributed by atoms with Crippen LogP contribution in [0.4, 0.5) is 11.6 Å². The molecule has 1 N–H and O–H groups in total. The molecule has 0 atom stereocenters. The first kappa shape index (κ1) is 13.3. The molecule has 2 aliphatic rings. The minimum atomic E-state index is 0.0793. The van der Waals surface area contributed by atoms with Gasteiger partial charge in [0.1, 0.15) is 0 Å². The van der Waals surface area contributed by atoms with E-state index in [1.165, 1.54) is 25.7 Å². The molecule has 0 spiro atoms. The molecule has 1 aromatic rings. The smallest absolute Gasteiger partial charge is 0.225 e. The van der Waals surface area contributed by atoms with Crippen LogP contribution < -0.4 is 10.2 Å². The minimum absolute atomic E-state index is 0.0793. The van der Waals surface area contributed by atoms with Gasteiger partial charge in [-0.2, -0.15) is 0 Å². The summed E-state index contributed by atoms with van der Waals surface area (Å²) >= 11 is 0. The van der Waals surface area contributed by atoms with Crippen molar-refractivity contribution in [1.82, 2.24) is 9.97 Å². The van der Waals surface area contributed by atoms with Crippen LogP contribution in [-0.2, 0) is 4.79 Å². The van der Waals surface area contributed by atoms with Crippen LogP contribution >= 0.6 is 0 Å². The molecule has 1 aromatic heterocycles. The third kappa shape index (κ3) is 3.46. The molecule has 108 valence electrons. The Morgan fingerprint density at radius 2 is 1.90 bits per heavy atom. The zero-order valence-corrected chi connectivity index (χ0v) is 12.0. The number of amides is 1. The monoisotopic (exact) mass is 274 g/mol. The van der Waals surface area contributed by atoms with Crippen molar-refractivity contribution >= 4 is 17.5 Å². The van der Waals surface area contributed by atoms with Crippen LogP contribution in [-0.4, -0.2) is 29.0 Å². The number of nitrogens with zero attached hydrogens (tertiary/aromatic N) is 3. The maximum atomic E-state index is 11.7. The lowest BCUT2D eigenvalue weighted by Gasteiger charge is -2.30. The molecule has 2 fully saturated rings. The van der Waals surface area contributed by atoms with E-state index in [0.717, 1.165) is 25.0 Å². The van der Waals surface area contributed by atoms with E-state index in [9.17, 15) is 4.79 Å². The number of aromatic nitrogens is 2. The number of carbonyl (C=O) groups excluding carboxylic acids is 1. The van der Waals surface area contributed by atoms with Crippen LogP contribution in [0, 0.1) is 11.8 Å². The number of piperidine rings is 1. The summed E-state index contributed by atoms with van der Waals surface area (Å²) < 4.78 is 0. The molecule has 1 aliphatic heterocycles. The average molecular weight is 274 g/mol. The highest BCUT2D eigenvalue weighted by molar-refractivity contribution is 5.90. The van der Waals surface area contributed by atoms with Gasteiger partial charge in [-0.3, -0.25) is 4.79 Å². The molecule has 0 radical (unpaired) electrons. The molecule has 0 bridgehead atoms. The van der Waals surface area contributed by atoms with Gasteiger partial charge in [0.25, 0.3) is 0 Å². The zero-order valence-electron chi connectivity index (χ0n) is 12.0. The van der Waals surface area contributed by atoms with Gasteiger partial charge in [-0.1, -0.05) is 6.92 Å². The Bertz CT molecular complexity index is 461. The van der Waals surface area contributed by atoms with Crippen LogP contribution in [0.25, 0.3) is 0 Å². The predicted molar refractivity (Wildman–Crippen MR) is 78.6 cm³/mol. The quantitative estimate of drug-likeness (QED) is 0.916. The van der Waals surface area contributed by atoms with Gasteiger partial charge in [0.2, 0.25) is 11.9 Å². The molecular formula is C15H22N4O. The normalized spacial score (nSPS) is 19.9. The highest BCUT2D eigenvalue weighted by atomic mass is 16.1. The molecular weight excluding hydrogens is 252 g/mol. The minimum Gasteiger partial charge on any atom is -0.341 e. The summed E-state index contributed by atoms with van der Waals surface area (Å²) in [5.41, 5.74) is 0.699. The molecule has 5 heteroatoms. The maximum absolute atomic E-state index is 11.7. The van der Waals surface area contributed by atoms with E-state index in [4.69, 9.17) is 0 Å². The molecule has 0 unspecified atom stereocenters. The summed E-state index contributed by atoms with van der Waals surface area (Å²) in [6, 6.07) is 0. The second-order valence-electron chi connectivity index (χ2n) is 6.14. The standard InChI is InChI=1S/C15H22N4O/c1-11-4-6-19(7-5-11)15-16-9-13(10-17-15)18-14(20)8-12-2-3-12/h9-12H,2-8H2,1H3,(H,18,20). The first-order valence-electron chi connectivity index (χ1n) is 7.57. The number of carbonyl (C=O) groups is 1. The van der Waals surface area contributed by atoms with E-state index >= 15 is 0 Å². The van der Waals surface area contributed by atoms with E-state index in [1.807, 2.05) is 0 Å². The zero-order chi connectivity index (χ0) is 13.9. The molecule has 1 aliphatic carbocycles. The van der Waals surface area contributed by atoms with Crippen molar-refractivity contribution in [2.45, 2.75) is 39.0 Å². The second-order valence-corrected chi connectivity index (χ2v) is 6.14. The Morgan fingerprint density at radius 3 is 2.50 bits per heavy atom. The molecule has 3 rings (SSSR count). The lowest BCUT2D eigenvalue weighted by molar-refractivity contribution is -0.116. The van der Waals surface area contributed by atoms with Gasteiger partial charge in [0, 0.05) is 19.5 Å². The molecule has 1 amide bonds. The van der Waals surface area contributed by atoms with Crippen LogP contribution in [0.2, 0.25) is 0 Å². The van der Waals surface area contributed by atoms with Crippen molar-refractivity contribution in [3.8, 4) is 0 Å². The van der Waals surface area contributed by atoms with E-state index in [2.05, 4.69) is 27.1 Å². The van der Waals surface area contributed by atoms with Crippen LogP contribution in [0.1, 0.15) is 39.0 Å². The van der Waals surface area contributed by atoms with Crippen LogP contribution in [0.3, 0.4) is 0 Å². The third-order valence-corrected chi connectivity index (χ3v) is 4.16. The van der Waals surface area contributed by atoms with Gasteiger partial charge in [-0.05, 0) is 37.5 Å². The summed E-state index contributed by atoms with van der Waals surface area (Å²) in [6.07, 6.45) is 8.83. The SMILES string of the molecule is CC1CCN(c2ncc(NC(=O)CC3CC3)cn2)CC1. The van der Waals surface area contributed by atoms with Crippen molar-refractivity contribution in [3.63, 3.8) is 0 Å². The van der Waals surface area contributed by atoms with E-state index in [-0.39, 0.29) is 5.91 Å². The largest absolute Gasteiger partial charge is 0.341 e. The number of hydrogen-bond donors (Lipinski definition) is 1. The highest BCUT2D eigenvalue weighted by Crippen LogP contribution is 2.32. The van der Waals surface area contributed by atoms with E-state index in [0.29, 0.717) is 18.0 Å². The molecule has 20 heavy (non-hydrogen) atoms. The Balaban J connectivity index is 1.55. The molecule has 0 aromatic carbocycles. The van der Waals surface area contributed by atoms with Gasteiger partial charge >= 0.3 is 0 Å². The number of hydrogen-bond acceptors (Lipinski definition) is 4. The lowest BCUT2D eigenvalue weighted by Crippen LogP contribution is -2.34. The fraction of sp³-hybridized carbons (Fsp3) is 0.667. The number of anilines is 2. The van der Waals surface area contributed by atoms with Crippen LogP contribution in [0.5, 0.6) is 0 Å². The molecule has 1 saturated heterocycles. The van der Waals surface area contributed by atoms with E-state index < -0.39 is 0 Å². The van der Waals surface area contributed by atoms with Crippen molar-refractivity contribution in [3.05, 3.63) is 12.4 Å². The fourth-order valence-electron chi connectivity index (χ4n) is 2.55. The molecule has 1 saturated carbocycles. The van der Waals surface area contributed by atoms with Gasteiger partial charge < -0.3 is 10.2 Å². The first-order valence-corrected chi connectivity index (χ1v) is 7.57. The van der Waals surface area contributed by atoms with Crippen molar-refractivity contribution in [2.24, 2.45) is 11.8 Å². The first-order chi connectivity index (χ1) is 9.70.